The van der Waals surface area contributed by atoms with Crippen LogP contribution in [0.25, 0.3) is 44.6 Å². The van der Waals surface area contributed by atoms with Crippen molar-refractivity contribution in [3.05, 3.63) is 83.6 Å². The van der Waals surface area contributed by atoms with Gasteiger partial charge in [0.1, 0.15) is 11.6 Å². The van der Waals surface area contributed by atoms with E-state index in [1.807, 2.05) is 54.6 Å². The molecule has 0 saturated heterocycles. The van der Waals surface area contributed by atoms with E-state index in [-0.39, 0.29) is 5.82 Å². The molecule has 0 aliphatic rings. The summed E-state index contributed by atoms with van der Waals surface area (Å²) in [4.78, 5) is 12.7. The lowest BCUT2D eigenvalue weighted by molar-refractivity contribution is 0.629. The zero-order valence-corrected chi connectivity index (χ0v) is 14.8. The van der Waals surface area contributed by atoms with Gasteiger partial charge >= 0.3 is 0 Å². The number of nitrogens with zero attached hydrogens (tertiary/aromatic N) is 2. The number of aromatic nitrogens is 3. The molecule has 1 N–H and O–H groups in total. The minimum absolute atomic E-state index is 0.305. The van der Waals surface area contributed by atoms with Crippen LogP contribution in [0.3, 0.4) is 0 Å². The third-order valence-corrected chi connectivity index (χ3v) is 4.81. The van der Waals surface area contributed by atoms with Crippen LogP contribution < -0.4 is 0 Å². The zero-order valence-electron chi connectivity index (χ0n) is 14.1. The maximum Gasteiger partial charge on any atom is 0.139 e. The molecule has 0 aliphatic carbocycles. The van der Waals surface area contributed by atoms with Gasteiger partial charge in [-0.2, -0.15) is 0 Å². The average molecular weight is 374 g/mol. The molecule has 0 unspecified atom stereocenters. The monoisotopic (exact) mass is 373 g/mol. The fraction of sp³-hybridized carbons (Fsp3) is 0. The van der Waals surface area contributed by atoms with Crippen molar-refractivity contribution in [1.82, 2.24) is 15.0 Å². The van der Waals surface area contributed by atoms with Crippen molar-refractivity contribution in [3.63, 3.8) is 0 Å². The quantitative estimate of drug-likeness (QED) is 0.398. The van der Waals surface area contributed by atoms with Crippen LogP contribution >= 0.6 is 11.6 Å². The van der Waals surface area contributed by atoms with Crippen LogP contribution in [-0.2, 0) is 0 Å². The van der Waals surface area contributed by atoms with Crippen LogP contribution in [-0.4, -0.2) is 15.0 Å². The van der Waals surface area contributed by atoms with Gasteiger partial charge in [-0.1, -0.05) is 35.9 Å². The minimum atomic E-state index is -0.305. The lowest BCUT2D eigenvalue weighted by atomic mass is 10.0. The maximum absolute atomic E-state index is 13.9. The first-order valence-electron chi connectivity index (χ1n) is 8.49. The fourth-order valence-electron chi connectivity index (χ4n) is 3.24. The third-order valence-electron chi connectivity index (χ3n) is 4.56. The summed E-state index contributed by atoms with van der Waals surface area (Å²) in [5.74, 6) is 0.380. The second-order valence-electron chi connectivity index (χ2n) is 6.33. The van der Waals surface area contributed by atoms with Crippen LogP contribution in [0, 0.1) is 5.82 Å². The predicted molar refractivity (Wildman–Crippen MR) is 107 cm³/mol. The molecule has 27 heavy (non-hydrogen) atoms. The summed E-state index contributed by atoms with van der Waals surface area (Å²) in [6.45, 7) is 0. The van der Waals surface area contributed by atoms with E-state index in [0.29, 0.717) is 21.7 Å². The molecule has 0 amide bonds. The molecule has 5 heteroatoms. The summed E-state index contributed by atoms with van der Waals surface area (Å²) < 4.78 is 13.9. The Labute approximate surface area is 159 Å². The van der Waals surface area contributed by atoms with E-state index in [9.17, 15) is 4.39 Å². The highest BCUT2D eigenvalue weighted by atomic mass is 35.5. The summed E-state index contributed by atoms with van der Waals surface area (Å²) in [5, 5.41) is 1.38. The van der Waals surface area contributed by atoms with Gasteiger partial charge in [-0.05, 0) is 48.5 Å². The molecule has 130 valence electrons. The Kier molecular flexibility index (Phi) is 3.66. The molecule has 2 aromatic heterocycles. The Bertz CT molecular complexity index is 1260. The van der Waals surface area contributed by atoms with E-state index in [1.165, 1.54) is 12.1 Å². The van der Waals surface area contributed by atoms with E-state index in [0.717, 1.165) is 27.9 Å². The molecule has 5 rings (SSSR count). The van der Waals surface area contributed by atoms with Crippen molar-refractivity contribution < 1.29 is 4.39 Å². The Hall–Kier alpha value is -3.24. The molecular weight excluding hydrogens is 361 g/mol. The van der Waals surface area contributed by atoms with Crippen molar-refractivity contribution in [2.24, 2.45) is 0 Å². The molecule has 0 spiro atoms. The van der Waals surface area contributed by atoms with Crippen molar-refractivity contribution in [3.8, 4) is 22.6 Å². The molecule has 0 aliphatic heterocycles. The molecule has 2 heterocycles. The van der Waals surface area contributed by atoms with E-state index in [4.69, 9.17) is 16.6 Å². The topological polar surface area (TPSA) is 41.6 Å². The largest absolute Gasteiger partial charge is 0.338 e. The van der Waals surface area contributed by atoms with Gasteiger partial charge in [-0.15, -0.1) is 0 Å². The number of pyridine rings is 1. The van der Waals surface area contributed by atoms with Gasteiger partial charge in [0.25, 0.3) is 0 Å². The summed E-state index contributed by atoms with van der Waals surface area (Å²) in [5.41, 5.74) is 5.02. The number of nitrogens with one attached hydrogen (secondary N) is 1. The standard InChI is InChI=1S/C22H13ClFN3/c23-14-7-5-13(6-8-14)21-12-17(16-11-15(24)9-10-18(16)25-21)22-26-19-3-1-2-4-20(19)27-22/h1-12H,(H,26,27). The van der Waals surface area contributed by atoms with Crippen LogP contribution in [0.4, 0.5) is 4.39 Å². The zero-order chi connectivity index (χ0) is 18.4. The van der Waals surface area contributed by atoms with Gasteiger partial charge < -0.3 is 4.98 Å². The first-order chi connectivity index (χ1) is 13.2. The summed E-state index contributed by atoms with van der Waals surface area (Å²) in [7, 11) is 0. The van der Waals surface area contributed by atoms with Gasteiger partial charge in [-0.3, -0.25) is 0 Å². The number of halogens is 2. The van der Waals surface area contributed by atoms with E-state index in [1.54, 1.807) is 6.07 Å². The number of benzene rings is 3. The molecular formula is C22H13ClFN3. The van der Waals surface area contributed by atoms with E-state index >= 15 is 0 Å². The Balaban J connectivity index is 1.80. The Morgan fingerprint density at radius 3 is 2.44 bits per heavy atom. The van der Waals surface area contributed by atoms with Crippen molar-refractivity contribution in [1.29, 1.82) is 0 Å². The molecule has 0 bridgehead atoms. The highest BCUT2D eigenvalue weighted by Gasteiger charge is 2.13. The highest BCUT2D eigenvalue weighted by molar-refractivity contribution is 6.30. The fourth-order valence-corrected chi connectivity index (χ4v) is 3.37. The van der Waals surface area contributed by atoms with Gasteiger partial charge in [0, 0.05) is 21.5 Å². The smallest absolute Gasteiger partial charge is 0.139 e. The van der Waals surface area contributed by atoms with Crippen LogP contribution in [0.5, 0.6) is 0 Å². The van der Waals surface area contributed by atoms with Gasteiger partial charge in [0.15, 0.2) is 0 Å². The number of imidazole rings is 1. The molecule has 3 aromatic carbocycles. The van der Waals surface area contributed by atoms with Crippen LogP contribution in [0.2, 0.25) is 5.02 Å². The number of rotatable bonds is 2. The van der Waals surface area contributed by atoms with Gasteiger partial charge in [0.2, 0.25) is 0 Å². The third kappa shape index (κ3) is 2.84. The SMILES string of the molecule is Fc1ccc2nc(-c3ccc(Cl)cc3)cc(-c3nc4ccccc4[nH]3)c2c1. The number of H-pyrrole nitrogens is 1. The number of aromatic amines is 1. The Morgan fingerprint density at radius 1 is 0.815 bits per heavy atom. The normalized spacial score (nSPS) is 11.3. The first-order valence-corrected chi connectivity index (χ1v) is 8.86. The molecule has 3 nitrogen and oxygen atoms in total. The van der Waals surface area contributed by atoms with Gasteiger partial charge in [0.05, 0.1) is 22.2 Å². The second kappa shape index (κ2) is 6.18. The molecule has 0 saturated carbocycles. The minimum Gasteiger partial charge on any atom is -0.338 e. The number of hydrogen-bond acceptors (Lipinski definition) is 2. The molecule has 0 fully saturated rings. The average Bonchev–Trinajstić information content (AvgIpc) is 3.12. The number of hydrogen-bond donors (Lipinski definition) is 1. The molecule has 5 aromatic rings. The highest BCUT2D eigenvalue weighted by Crippen LogP contribution is 2.32. The summed E-state index contributed by atoms with van der Waals surface area (Å²) >= 11 is 6.01. The van der Waals surface area contributed by atoms with Gasteiger partial charge in [-0.25, -0.2) is 14.4 Å². The lowest BCUT2D eigenvalue weighted by Gasteiger charge is -2.09. The van der Waals surface area contributed by atoms with Crippen LogP contribution in [0.1, 0.15) is 0 Å². The molecule has 0 radical (unpaired) electrons. The maximum atomic E-state index is 13.9. The predicted octanol–water partition coefficient (Wildman–Crippen LogP) is 6.24. The first kappa shape index (κ1) is 16.0. The second-order valence-corrected chi connectivity index (χ2v) is 6.76. The summed E-state index contributed by atoms with van der Waals surface area (Å²) in [6.07, 6.45) is 0. The number of fused-ring (bicyclic) bond motifs is 2. The summed E-state index contributed by atoms with van der Waals surface area (Å²) in [6, 6.07) is 21.8. The molecule has 0 atom stereocenters. The Morgan fingerprint density at radius 2 is 1.63 bits per heavy atom. The van der Waals surface area contributed by atoms with Crippen molar-refractivity contribution >= 4 is 33.5 Å². The van der Waals surface area contributed by atoms with E-state index in [2.05, 4.69) is 9.97 Å². The van der Waals surface area contributed by atoms with Crippen molar-refractivity contribution in [2.45, 2.75) is 0 Å². The van der Waals surface area contributed by atoms with E-state index < -0.39 is 0 Å². The lowest BCUT2D eigenvalue weighted by Crippen LogP contribution is -1.92. The van der Waals surface area contributed by atoms with Crippen LogP contribution in [0.15, 0.2) is 72.8 Å². The van der Waals surface area contributed by atoms with Crippen molar-refractivity contribution in [2.75, 3.05) is 0 Å². The number of para-hydroxylation sites is 2.